The Bertz CT molecular complexity index is 723. The van der Waals surface area contributed by atoms with Gasteiger partial charge in [0, 0.05) is 37.2 Å². The van der Waals surface area contributed by atoms with E-state index in [0.29, 0.717) is 24.3 Å². The van der Waals surface area contributed by atoms with Gasteiger partial charge in [-0.05, 0) is 43.7 Å². The average molecular weight is 361 g/mol. The van der Waals surface area contributed by atoms with E-state index in [2.05, 4.69) is 19.1 Å². The van der Waals surface area contributed by atoms with E-state index >= 15 is 0 Å². The van der Waals surface area contributed by atoms with Crippen molar-refractivity contribution in [2.45, 2.75) is 32.8 Å². The van der Waals surface area contributed by atoms with Crippen molar-refractivity contribution < 1.29 is 9.53 Å². The molecule has 1 amide bonds. The van der Waals surface area contributed by atoms with Gasteiger partial charge in [0.1, 0.15) is 11.9 Å². The van der Waals surface area contributed by atoms with Crippen LogP contribution < -0.4 is 10.5 Å². The molecule has 0 radical (unpaired) electrons. The van der Waals surface area contributed by atoms with Crippen molar-refractivity contribution in [3.05, 3.63) is 59.2 Å². The Morgan fingerprint density at radius 3 is 2.36 bits per heavy atom. The maximum Gasteiger partial charge on any atom is 0.254 e. The minimum atomic E-state index is 0. The van der Waals surface area contributed by atoms with Gasteiger partial charge in [0.2, 0.25) is 0 Å². The van der Waals surface area contributed by atoms with Crippen molar-refractivity contribution in [1.82, 2.24) is 4.90 Å². The van der Waals surface area contributed by atoms with E-state index in [1.807, 2.05) is 36.1 Å². The summed E-state index contributed by atoms with van der Waals surface area (Å²) in [6, 6.07) is 13.6. The van der Waals surface area contributed by atoms with Gasteiger partial charge in [-0.2, -0.15) is 0 Å². The van der Waals surface area contributed by atoms with Crippen molar-refractivity contribution in [2.75, 3.05) is 18.8 Å². The normalized spacial score (nSPS) is 14.7. The summed E-state index contributed by atoms with van der Waals surface area (Å²) in [5.74, 6) is 0.964. The summed E-state index contributed by atoms with van der Waals surface area (Å²) >= 11 is 0. The summed E-state index contributed by atoms with van der Waals surface area (Å²) in [5, 5.41) is 0. The Kier molecular flexibility index (Phi) is 6.32. The summed E-state index contributed by atoms with van der Waals surface area (Å²) in [6.07, 6.45) is 1.86. The average Bonchev–Trinajstić information content (AvgIpc) is 2.59. The molecular weight excluding hydrogens is 336 g/mol. The maximum absolute atomic E-state index is 12.7. The number of rotatable bonds is 3. The van der Waals surface area contributed by atoms with Gasteiger partial charge in [-0.15, -0.1) is 12.4 Å². The van der Waals surface area contributed by atoms with Gasteiger partial charge in [-0.3, -0.25) is 4.79 Å². The number of nitrogens with two attached hydrogens (primary N) is 1. The van der Waals surface area contributed by atoms with Crippen LogP contribution >= 0.6 is 12.4 Å². The predicted molar refractivity (Wildman–Crippen MR) is 104 cm³/mol. The molecule has 0 atom stereocenters. The monoisotopic (exact) mass is 360 g/mol. The molecular formula is C20H25ClN2O2. The lowest BCUT2D eigenvalue weighted by atomic mass is 10.0. The predicted octanol–water partition coefficient (Wildman–Crippen LogP) is 3.99. The summed E-state index contributed by atoms with van der Waals surface area (Å²) < 4.78 is 6.03. The van der Waals surface area contributed by atoms with E-state index < -0.39 is 0 Å². The number of carbonyl (C=O) groups excluding carboxylic acids is 1. The number of carbonyl (C=O) groups is 1. The van der Waals surface area contributed by atoms with Crippen molar-refractivity contribution in [3.63, 3.8) is 0 Å². The van der Waals surface area contributed by atoms with Crippen molar-refractivity contribution in [3.8, 4) is 5.75 Å². The van der Waals surface area contributed by atoms with Crippen molar-refractivity contribution >= 4 is 24.0 Å². The van der Waals surface area contributed by atoms with E-state index in [9.17, 15) is 4.79 Å². The van der Waals surface area contributed by atoms with E-state index in [4.69, 9.17) is 10.5 Å². The molecule has 5 heteroatoms. The zero-order valence-electron chi connectivity index (χ0n) is 14.7. The molecule has 2 N–H and O–H groups in total. The Morgan fingerprint density at radius 1 is 1.08 bits per heavy atom. The quantitative estimate of drug-likeness (QED) is 0.842. The first-order chi connectivity index (χ1) is 11.5. The smallest absolute Gasteiger partial charge is 0.254 e. The lowest BCUT2D eigenvalue weighted by molar-refractivity contribution is 0.0595. The molecule has 2 aromatic carbocycles. The lowest BCUT2D eigenvalue weighted by Gasteiger charge is -2.32. The largest absolute Gasteiger partial charge is 0.490 e. The number of hydrogen-bond donors (Lipinski definition) is 1. The fraction of sp³-hybridized carbons (Fsp3) is 0.350. The molecule has 134 valence electrons. The Hall–Kier alpha value is -2.20. The number of aryl methyl sites for hydroxylation is 2. The number of nitrogens with zero attached hydrogens (tertiary/aromatic N) is 1. The van der Waals surface area contributed by atoms with Crippen LogP contribution in [0.1, 0.15) is 34.3 Å². The van der Waals surface area contributed by atoms with Gasteiger partial charge in [0.25, 0.3) is 5.91 Å². The van der Waals surface area contributed by atoms with E-state index in [1.54, 1.807) is 6.07 Å². The number of benzene rings is 2. The Morgan fingerprint density at radius 2 is 1.72 bits per heavy atom. The zero-order chi connectivity index (χ0) is 17.1. The van der Waals surface area contributed by atoms with Crippen LogP contribution in [0.2, 0.25) is 0 Å². The molecule has 0 aliphatic carbocycles. The Labute approximate surface area is 155 Å². The van der Waals surface area contributed by atoms with Crippen LogP contribution in [0.4, 0.5) is 5.69 Å². The van der Waals surface area contributed by atoms with E-state index in [1.165, 1.54) is 5.56 Å². The van der Waals surface area contributed by atoms with Gasteiger partial charge in [-0.1, -0.05) is 23.8 Å². The number of hydrogen-bond acceptors (Lipinski definition) is 3. The molecule has 4 nitrogen and oxygen atoms in total. The first-order valence-corrected chi connectivity index (χ1v) is 8.41. The summed E-state index contributed by atoms with van der Waals surface area (Å²) in [5.41, 5.74) is 9.34. The van der Waals surface area contributed by atoms with Gasteiger partial charge >= 0.3 is 0 Å². The number of ether oxygens (including phenoxy) is 1. The number of likely N-dealkylation sites (tertiary alicyclic amines) is 1. The molecule has 0 spiro atoms. The lowest BCUT2D eigenvalue weighted by Crippen LogP contribution is -2.42. The molecule has 1 heterocycles. The molecule has 0 saturated carbocycles. The molecule has 0 unspecified atom stereocenters. The first-order valence-electron chi connectivity index (χ1n) is 8.41. The molecule has 1 aliphatic rings. The fourth-order valence-electron chi connectivity index (χ4n) is 3.03. The molecule has 0 bridgehead atoms. The van der Waals surface area contributed by atoms with Crippen LogP contribution in [0.25, 0.3) is 0 Å². The molecule has 1 aliphatic heterocycles. The third-order valence-corrected chi connectivity index (χ3v) is 4.54. The standard InChI is InChI=1S/C20H24N2O2.ClH/c1-14-3-7-17(8-4-14)24-18-9-11-22(12-10-18)20(23)19-13-16(21)6-5-15(19)2;/h3-8,13,18H,9-12,21H2,1-2H3;1H. The van der Waals surface area contributed by atoms with Gasteiger partial charge < -0.3 is 15.4 Å². The van der Waals surface area contributed by atoms with Crippen LogP contribution in [0.5, 0.6) is 5.75 Å². The molecule has 2 aromatic rings. The SMILES string of the molecule is Cc1ccc(OC2CCN(C(=O)c3cc(N)ccc3C)CC2)cc1.Cl. The highest BCUT2D eigenvalue weighted by atomic mass is 35.5. The van der Waals surface area contributed by atoms with Crippen LogP contribution in [0.15, 0.2) is 42.5 Å². The second-order valence-corrected chi connectivity index (χ2v) is 6.50. The van der Waals surface area contributed by atoms with Crippen LogP contribution in [-0.4, -0.2) is 30.0 Å². The molecule has 25 heavy (non-hydrogen) atoms. The van der Waals surface area contributed by atoms with Crippen LogP contribution in [0, 0.1) is 13.8 Å². The fourth-order valence-corrected chi connectivity index (χ4v) is 3.03. The number of anilines is 1. The zero-order valence-corrected chi connectivity index (χ0v) is 15.5. The molecule has 0 aromatic heterocycles. The number of halogens is 1. The number of nitrogen functional groups attached to an aromatic ring is 1. The minimum Gasteiger partial charge on any atom is -0.490 e. The van der Waals surface area contributed by atoms with Gasteiger partial charge in [0.15, 0.2) is 0 Å². The third-order valence-electron chi connectivity index (χ3n) is 4.54. The highest BCUT2D eigenvalue weighted by molar-refractivity contribution is 5.96. The highest BCUT2D eigenvalue weighted by Gasteiger charge is 2.25. The van der Waals surface area contributed by atoms with Crippen molar-refractivity contribution in [2.24, 2.45) is 0 Å². The number of amides is 1. The molecule has 3 rings (SSSR count). The van der Waals surface area contributed by atoms with Crippen molar-refractivity contribution in [1.29, 1.82) is 0 Å². The second-order valence-electron chi connectivity index (χ2n) is 6.50. The first kappa shape index (κ1) is 19.1. The summed E-state index contributed by atoms with van der Waals surface area (Å²) in [6.45, 7) is 5.43. The second kappa shape index (κ2) is 8.26. The molecule has 1 saturated heterocycles. The van der Waals surface area contributed by atoms with E-state index in [0.717, 1.165) is 24.2 Å². The third kappa shape index (κ3) is 4.67. The Balaban J connectivity index is 0.00000225. The molecule has 1 fully saturated rings. The maximum atomic E-state index is 12.7. The summed E-state index contributed by atoms with van der Waals surface area (Å²) in [4.78, 5) is 14.6. The number of piperidine rings is 1. The van der Waals surface area contributed by atoms with Crippen LogP contribution in [0.3, 0.4) is 0 Å². The highest BCUT2D eigenvalue weighted by Crippen LogP contribution is 2.22. The summed E-state index contributed by atoms with van der Waals surface area (Å²) in [7, 11) is 0. The minimum absolute atomic E-state index is 0. The van der Waals surface area contributed by atoms with E-state index in [-0.39, 0.29) is 24.4 Å². The van der Waals surface area contributed by atoms with Gasteiger partial charge in [0.05, 0.1) is 0 Å². The van der Waals surface area contributed by atoms with Crippen LogP contribution in [-0.2, 0) is 0 Å². The topological polar surface area (TPSA) is 55.6 Å². The van der Waals surface area contributed by atoms with Gasteiger partial charge in [-0.25, -0.2) is 0 Å².